The van der Waals surface area contributed by atoms with Gasteiger partial charge in [0.2, 0.25) is 0 Å². The van der Waals surface area contributed by atoms with Crippen LogP contribution < -0.4 is 0 Å². The van der Waals surface area contributed by atoms with Crippen LogP contribution in [0.4, 0.5) is 8.78 Å². The highest BCUT2D eigenvalue weighted by molar-refractivity contribution is 5.70. The molecule has 2 rings (SSSR count). The maximum atomic E-state index is 13.0. The smallest absolute Gasteiger partial charge is 0.159 e. The fourth-order valence-corrected chi connectivity index (χ4v) is 1.50. The summed E-state index contributed by atoms with van der Waals surface area (Å²) < 4.78 is 25.8. The summed E-state index contributed by atoms with van der Waals surface area (Å²) in [5, 5.41) is 8.89. The largest absolute Gasteiger partial charge is 0.204 e. The molecule has 0 aromatic heterocycles. The summed E-state index contributed by atoms with van der Waals surface area (Å²) >= 11 is 0. The zero-order valence-corrected chi connectivity index (χ0v) is 8.24. The summed E-state index contributed by atoms with van der Waals surface area (Å²) in [7, 11) is 0. The third kappa shape index (κ3) is 1.78. The lowest BCUT2D eigenvalue weighted by molar-refractivity contribution is 0.509. The molecule has 0 radical (unpaired) electrons. The molecule has 0 amide bonds. The normalized spacial score (nSPS) is 9.81. The van der Waals surface area contributed by atoms with Gasteiger partial charge in [-0.3, -0.25) is 0 Å². The van der Waals surface area contributed by atoms with Gasteiger partial charge in [-0.1, -0.05) is 24.3 Å². The molecule has 0 atom stereocenters. The molecule has 0 fully saturated rings. The van der Waals surface area contributed by atoms with Gasteiger partial charge in [0.05, 0.1) is 11.6 Å². The lowest BCUT2D eigenvalue weighted by atomic mass is 10.0. The topological polar surface area (TPSA) is 23.8 Å². The summed E-state index contributed by atoms with van der Waals surface area (Å²) in [5.41, 5.74) is 1.54. The molecule has 2 aromatic carbocycles. The summed E-state index contributed by atoms with van der Waals surface area (Å²) in [4.78, 5) is 0. The Morgan fingerprint density at radius 2 is 1.69 bits per heavy atom. The Hall–Kier alpha value is -2.21. The Kier molecular flexibility index (Phi) is 2.65. The average molecular weight is 215 g/mol. The van der Waals surface area contributed by atoms with Crippen molar-refractivity contribution in [2.75, 3.05) is 0 Å². The van der Waals surface area contributed by atoms with E-state index in [0.29, 0.717) is 16.7 Å². The van der Waals surface area contributed by atoms with E-state index in [0.717, 1.165) is 12.1 Å². The van der Waals surface area contributed by atoms with Crippen LogP contribution in [0.15, 0.2) is 42.5 Å². The van der Waals surface area contributed by atoms with E-state index < -0.39 is 11.6 Å². The molecule has 0 bridgehead atoms. The molecule has 0 aliphatic carbocycles. The summed E-state index contributed by atoms with van der Waals surface area (Å²) in [5.74, 6) is -1.80. The van der Waals surface area contributed by atoms with Gasteiger partial charge in [0.25, 0.3) is 0 Å². The molecule has 0 heterocycles. The van der Waals surface area contributed by atoms with Crippen LogP contribution >= 0.6 is 0 Å². The second kappa shape index (κ2) is 4.11. The predicted molar refractivity (Wildman–Crippen MR) is 56.5 cm³/mol. The first-order valence-corrected chi connectivity index (χ1v) is 4.67. The van der Waals surface area contributed by atoms with E-state index in [4.69, 9.17) is 5.26 Å². The molecule has 0 unspecified atom stereocenters. The minimum absolute atomic E-state index is 0.438. The third-order valence-corrected chi connectivity index (χ3v) is 2.28. The van der Waals surface area contributed by atoms with Crippen LogP contribution in [-0.2, 0) is 0 Å². The molecule has 0 N–H and O–H groups in total. The van der Waals surface area contributed by atoms with Gasteiger partial charge >= 0.3 is 0 Å². The first kappa shape index (κ1) is 10.3. The van der Waals surface area contributed by atoms with E-state index in [1.54, 1.807) is 24.3 Å². The Morgan fingerprint density at radius 3 is 2.38 bits per heavy atom. The van der Waals surface area contributed by atoms with Gasteiger partial charge in [0.15, 0.2) is 11.6 Å². The van der Waals surface area contributed by atoms with Crippen molar-refractivity contribution >= 4 is 0 Å². The molecule has 16 heavy (non-hydrogen) atoms. The first-order chi connectivity index (χ1) is 7.72. The minimum Gasteiger partial charge on any atom is -0.204 e. The molecule has 78 valence electrons. The van der Waals surface area contributed by atoms with E-state index in [9.17, 15) is 8.78 Å². The molecule has 0 saturated carbocycles. The third-order valence-electron chi connectivity index (χ3n) is 2.28. The van der Waals surface area contributed by atoms with E-state index in [2.05, 4.69) is 0 Å². The predicted octanol–water partition coefficient (Wildman–Crippen LogP) is 3.50. The van der Waals surface area contributed by atoms with Gasteiger partial charge < -0.3 is 0 Å². The molecule has 0 aliphatic heterocycles. The van der Waals surface area contributed by atoms with E-state index in [1.165, 1.54) is 6.07 Å². The van der Waals surface area contributed by atoms with Gasteiger partial charge in [0, 0.05) is 0 Å². The molecule has 0 saturated heterocycles. The van der Waals surface area contributed by atoms with E-state index >= 15 is 0 Å². The zero-order valence-electron chi connectivity index (χ0n) is 8.24. The number of hydrogen-bond donors (Lipinski definition) is 0. The van der Waals surface area contributed by atoms with Crippen LogP contribution in [0.25, 0.3) is 11.1 Å². The molecular weight excluding hydrogens is 208 g/mol. The quantitative estimate of drug-likeness (QED) is 0.714. The van der Waals surface area contributed by atoms with Crippen molar-refractivity contribution in [3.8, 4) is 17.2 Å². The summed E-state index contributed by atoms with van der Waals surface area (Å²) in [6, 6.07) is 12.4. The zero-order chi connectivity index (χ0) is 11.5. The van der Waals surface area contributed by atoms with Gasteiger partial charge in [0.1, 0.15) is 0 Å². The van der Waals surface area contributed by atoms with Gasteiger partial charge in [-0.15, -0.1) is 0 Å². The molecular formula is C13H7F2N. The fourth-order valence-electron chi connectivity index (χ4n) is 1.50. The minimum atomic E-state index is -0.912. The number of nitrogens with zero attached hydrogens (tertiary/aromatic N) is 1. The van der Waals surface area contributed by atoms with E-state index in [1.807, 2.05) is 6.07 Å². The Bertz CT molecular complexity index is 570. The number of benzene rings is 2. The van der Waals surface area contributed by atoms with Crippen molar-refractivity contribution < 1.29 is 8.78 Å². The molecule has 1 nitrogen and oxygen atoms in total. The molecule has 2 aromatic rings. The highest BCUT2D eigenvalue weighted by Crippen LogP contribution is 2.24. The van der Waals surface area contributed by atoms with Crippen molar-refractivity contribution in [3.05, 3.63) is 59.7 Å². The van der Waals surface area contributed by atoms with Crippen molar-refractivity contribution in [1.82, 2.24) is 0 Å². The van der Waals surface area contributed by atoms with Crippen LogP contribution in [0.5, 0.6) is 0 Å². The monoisotopic (exact) mass is 215 g/mol. The number of nitriles is 1. The maximum absolute atomic E-state index is 13.0. The van der Waals surface area contributed by atoms with Crippen LogP contribution in [0.3, 0.4) is 0 Å². The van der Waals surface area contributed by atoms with Crippen molar-refractivity contribution in [2.45, 2.75) is 0 Å². The molecule has 3 heteroatoms. The second-order valence-corrected chi connectivity index (χ2v) is 3.29. The molecule has 0 spiro atoms. The van der Waals surface area contributed by atoms with Crippen molar-refractivity contribution in [2.24, 2.45) is 0 Å². The van der Waals surface area contributed by atoms with Crippen LogP contribution in [0.2, 0.25) is 0 Å². The van der Waals surface area contributed by atoms with Gasteiger partial charge in [-0.25, -0.2) is 8.78 Å². The lowest BCUT2D eigenvalue weighted by Crippen LogP contribution is -1.87. The summed E-state index contributed by atoms with van der Waals surface area (Å²) in [6.07, 6.45) is 0. The fraction of sp³-hybridized carbons (Fsp3) is 0. The van der Waals surface area contributed by atoms with Crippen molar-refractivity contribution in [3.63, 3.8) is 0 Å². The first-order valence-electron chi connectivity index (χ1n) is 4.67. The second-order valence-electron chi connectivity index (χ2n) is 3.29. The van der Waals surface area contributed by atoms with Gasteiger partial charge in [-0.05, 0) is 29.3 Å². The average Bonchev–Trinajstić information content (AvgIpc) is 2.32. The summed E-state index contributed by atoms with van der Waals surface area (Å²) in [6.45, 7) is 0. The number of halogens is 2. The highest BCUT2D eigenvalue weighted by atomic mass is 19.2. The number of rotatable bonds is 1. The lowest BCUT2D eigenvalue weighted by Gasteiger charge is -2.04. The van der Waals surface area contributed by atoms with E-state index in [-0.39, 0.29) is 0 Å². The highest BCUT2D eigenvalue weighted by Gasteiger charge is 2.07. The maximum Gasteiger partial charge on any atom is 0.159 e. The van der Waals surface area contributed by atoms with Gasteiger partial charge in [-0.2, -0.15) is 5.26 Å². The van der Waals surface area contributed by atoms with Crippen LogP contribution in [0, 0.1) is 23.0 Å². The van der Waals surface area contributed by atoms with Crippen molar-refractivity contribution in [1.29, 1.82) is 5.26 Å². The standard InChI is InChI=1S/C13H7F2N/c14-12-6-5-9(7-13(12)15)11-4-2-1-3-10(11)8-16/h1-7H. The Morgan fingerprint density at radius 1 is 0.938 bits per heavy atom. The Balaban J connectivity index is 2.60. The van der Waals surface area contributed by atoms with Crippen LogP contribution in [-0.4, -0.2) is 0 Å². The molecule has 0 aliphatic rings. The Labute approximate surface area is 91.6 Å². The SMILES string of the molecule is N#Cc1ccccc1-c1ccc(F)c(F)c1. The van der Waals surface area contributed by atoms with Crippen LogP contribution in [0.1, 0.15) is 5.56 Å². The number of hydrogen-bond acceptors (Lipinski definition) is 1.